The number of hydrogen-bond acceptors (Lipinski definition) is 4. The molecule has 9 heteroatoms. The number of nitrogens with one attached hydrogen (secondary N) is 1. The van der Waals surface area contributed by atoms with Gasteiger partial charge in [-0.1, -0.05) is 36.4 Å². The van der Waals surface area contributed by atoms with E-state index in [1.807, 2.05) is 35.2 Å². The van der Waals surface area contributed by atoms with Gasteiger partial charge in [-0.15, -0.1) is 24.8 Å². The summed E-state index contributed by atoms with van der Waals surface area (Å²) >= 11 is 0. The van der Waals surface area contributed by atoms with Crippen molar-refractivity contribution >= 4 is 24.8 Å². The molecule has 1 aliphatic rings. The van der Waals surface area contributed by atoms with Gasteiger partial charge in [0, 0.05) is 32.2 Å². The fraction of sp³-hybridized carbons (Fsp3) is 0.429. The smallest absolute Gasteiger partial charge is 0.390 e. The van der Waals surface area contributed by atoms with E-state index in [4.69, 9.17) is 9.47 Å². The summed E-state index contributed by atoms with van der Waals surface area (Å²) < 4.78 is 50.9. The van der Waals surface area contributed by atoms with Crippen LogP contribution in [0.15, 0.2) is 48.5 Å². The van der Waals surface area contributed by atoms with Crippen molar-refractivity contribution in [2.75, 3.05) is 33.3 Å². The Labute approximate surface area is 187 Å². The van der Waals surface area contributed by atoms with Gasteiger partial charge < -0.3 is 14.8 Å². The maximum Gasteiger partial charge on any atom is 0.390 e. The lowest BCUT2D eigenvalue weighted by atomic mass is 10.00. The Kier molecular flexibility index (Phi) is 10.8. The molecule has 2 aromatic carbocycles. The van der Waals surface area contributed by atoms with Gasteiger partial charge >= 0.3 is 6.18 Å². The summed E-state index contributed by atoms with van der Waals surface area (Å²) in [5, 5.41) is 3.18. The Balaban J connectivity index is 0.00000225. The van der Waals surface area contributed by atoms with Crippen LogP contribution in [0.4, 0.5) is 13.2 Å². The van der Waals surface area contributed by atoms with Crippen LogP contribution in [0.1, 0.15) is 23.6 Å². The number of piperazine rings is 1. The van der Waals surface area contributed by atoms with E-state index in [1.165, 1.54) is 7.11 Å². The van der Waals surface area contributed by atoms with Crippen LogP contribution in [0.3, 0.4) is 0 Å². The van der Waals surface area contributed by atoms with Gasteiger partial charge in [-0.25, -0.2) is 0 Å². The van der Waals surface area contributed by atoms with Gasteiger partial charge in [-0.2, -0.15) is 13.2 Å². The zero-order valence-corrected chi connectivity index (χ0v) is 18.3. The average Bonchev–Trinajstić information content (AvgIpc) is 2.71. The molecule has 0 bridgehead atoms. The van der Waals surface area contributed by atoms with Crippen molar-refractivity contribution in [2.24, 2.45) is 0 Å². The Bertz CT molecular complexity index is 758. The van der Waals surface area contributed by atoms with Crippen LogP contribution >= 0.6 is 24.8 Å². The Morgan fingerprint density at radius 2 is 1.67 bits per heavy atom. The first-order valence-corrected chi connectivity index (χ1v) is 9.32. The average molecular weight is 467 g/mol. The number of rotatable bonds is 7. The second-order valence-electron chi connectivity index (χ2n) is 6.81. The van der Waals surface area contributed by atoms with Crippen molar-refractivity contribution in [3.05, 3.63) is 59.7 Å². The summed E-state index contributed by atoms with van der Waals surface area (Å²) in [6.45, 7) is 2.89. The van der Waals surface area contributed by atoms with Crippen LogP contribution in [-0.2, 0) is 6.61 Å². The van der Waals surface area contributed by atoms with Gasteiger partial charge in [0.05, 0.1) is 13.5 Å². The van der Waals surface area contributed by atoms with Crippen molar-refractivity contribution in [2.45, 2.75) is 25.2 Å². The number of nitrogens with zero attached hydrogens (tertiary/aromatic N) is 1. The third-order valence-electron chi connectivity index (χ3n) is 4.83. The van der Waals surface area contributed by atoms with Crippen molar-refractivity contribution < 1.29 is 22.6 Å². The number of alkyl halides is 3. The molecular weight excluding hydrogens is 440 g/mol. The highest BCUT2D eigenvalue weighted by atomic mass is 35.5. The topological polar surface area (TPSA) is 33.7 Å². The quantitative estimate of drug-likeness (QED) is 0.621. The molecule has 0 aromatic heterocycles. The lowest BCUT2D eigenvalue weighted by Gasteiger charge is -2.35. The third kappa shape index (κ3) is 7.54. The Hall–Kier alpha value is -1.67. The fourth-order valence-corrected chi connectivity index (χ4v) is 3.42. The number of benzene rings is 2. The molecule has 0 spiro atoms. The van der Waals surface area contributed by atoms with Gasteiger partial charge in [-0.05, 0) is 23.3 Å². The molecule has 0 saturated carbocycles. The SMILES string of the molecule is COc1cc([C@H](CC(F)(F)F)N2CCNCC2)ccc1OCc1ccccc1.Cl.Cl. The minimum Gasteiger partial charge on any atom is -0.493 e. The van der Waals surface area contributed by atoms with E-state index in [0.717, 1.165) is 5.56 Å². The highest BCUT2D eigenvalue weighted by molar-refractivity contribution is 5.85. The van der Waals surface area contributed by atoms with Gasteiger partial charge in [0.2, 0.25) is 0 Å². The van der Waals surface area contributed by atoms with E-state index in [9.17, 15) is 13.2 Å². The number of hydrogen-bond donors (Lipinski definition) is 1. The van der Waals surface area contributed by atoms with E-state index in [0.29, 0.717) is 49.8 Å². The van der Waals surface area contributed by atoms with Crippen molar-refractivity contribution in [1.82, 2.24) is 10.2 Å². The normalized spacial score (nSPS) is 15.5. The van der Waals surface area contributed by atoms with Gasteiger partial charge in [0.15, 0.2) is 11.5 Å². The molecule has 2 aromatic rings. The molecular formula is C21H27Cl2F3N2O2. The highest BCUT2D eigenvalue weighted by Gasteiger charge is 2.36. The molecule has 1 heterocycles. The van der Waals surface area contributed by atoms with Crippen LogP contribution in [0, 0.1) is 0 Å². The molecule has 3 rings (SSSR count). The summed E-state index contributed by atoms with van der Waals surface area (Å²) in [5.74, 6) is 0.955. The molecule has 1 saturated heterocycles. The van der Waals surface area contributed by atoms with Crippen molar-refractivity contribution in [3.8, 4) is 11.5 Å². The zero-order valence-electron chi connectivity index (χ0n) is 16.7. The Morgan fingerprint density at radius 3 is 2.27 bits per heavy atom. The summed E-state index contributed by atoms with van der Waals surface area (Å²) in [6.07, 6.45) is -5.13. The van der Waals surface area contributed by atoms with Crippen LogP contribution in [0.2, 0.25) is 0 Å². The summed E-state index contributed by atoms with van der Waals surface area (Å²) in [5.41, 5.74) is 1.59. The number of halogens is 5. The Morgan fingerprint density at radius 1 is 1.00 bits per heavy atom. The van der Waals surface area contributed by atoms with E-state index < -0.39 is 18.6 Å². The lowest BCUT2D eigenvalue weighted by molar-refractivity contribution is -0.148. The van der Waals surface area contributed by atoms with E-state index in [2.05, 4.69) is 5.32 Å². The first-order chi connectivity index (χ1) is 13.5. The second-order valence-corrected chi connectivity index (χ2v) is 6.81. The second kappa shape index (κ2) is 12.2. The number of ether oxygens (including phenoxy) is 2. The maximum absolute atomic E-state index is 13.2. The molecule has 1 N–H and O–H groups in total. The molecule has 0 amide bonds. The summed E-state index contributed by atoms with van der Waals surface area (Å²) in [7, 11) is 1.50. The lowest BCUT2D eigenvalue weighted by Crippen LogP contribution is -2.46. The van der Waals surface area contributed by atoms with E-state index >= 15 is 0 Å². The van der Waals surface area contributed by atoms with Crippen LogP contribution in [-0.4, -0.2) is 44.4 Å². The summed E-state index contributed by atoms with van der Waals surface area (Å²) in [6, 6.07) is 14.0. The zero-order chi connectivity index (χ0) is 20.0. The van der Waals surface area contributed by atoms with Crippen molar-refractivity contribution in [1.29, 1.82) is 0 Å². The molecule has 0 aliphatic carbocycles. The van der Waals surface area contributed by atoms with Crippen LogP contribution in [0.5, 0.6) is 11.5 Å². The summed E-state index contributed by atoms with van der Waals surface area (Å²) in [4.78, 5) is 1.88. The molecule has 1 atom stereocenters. The molecule has 4 nitrogen and oxygen atoms in total. The monoisotopic (exact) mass is 466 g/mol. The maximum atomic E-state index is 13.2. The first kappa shape index (κ1) is 26.4. The number of methoxy groups -OCH3 is 1. The highest BCUT2D eigenvalue weighted by Crippen LogP contribution is 2.38. The molecule has 0 unspecified atom stereocenters. The largest absolute Gasteiger partial charge is 0.493 e. The van der Waals surface area contributed by atoms with E-state index in [-0.39, 0.29) is 24.8 Å². The predicted octanol–water partition coefficient (Wildman–Crippen LogP) is 5.02. The molecule has 168 valence electrons. The van der Waals surface area contributed by atoms with Gasteiger partial charge in [0.25, 0.3) is 0 Å². The van der Waals surface area contributed by atoms with Crippen LogP contribution in [0.25, 0.3) is 0 Å². The van der Waals surface area contributed by atoms with Gasteiger partial charge in [-0.3, -0.25) is 4.90 Å². The molecule has 1 aliphatic heterocycles. The molecule has 30 heavy (non-hydrogen) atoms. The minimum atomic E-state index is -4.24. The standard InChI is InChI=1S/C21H25F3N2O2.2ClH/c1-27-20-13-17(7-8-19(20)28-15-16-5-3-2-4-6-16)18(14-21(22,23)24)26-11-9-25-10-12-26;;/h2-8,13,18,25H,9-12,14-15H2,1H3;2*1H/t18-;;/m0../s1. The third-order valence-corrected chi connectivity index (χ3v) is 4.83. The fourth-order valence-electron chi connectivity index (χ4n) is 3.42. The molecule has 0 radical (unpaired) electrons. The van der Waals surface area contributed by atoms with Crippen LogP contribution < -0.4 is 14.8 Å². The predicted molar refractivity (Wildman–Crippen MR) is 116 cm³/mol. The first-order valence-electron chi connectivity index (χ1n) is 9.32. The van der Waals surface area contributed by atoms with Gasteiger partial charge in [0.1, 0.15) is 6.61 Å². The minimum absolute atomic E-state index is 0. The van der Waals surface area contributed by atoms with Crippen molar-refractivity contribution in [3.63, 3.8) is 0 Å². The molecule has 1 fully saturated rings. The van der Waals surface area contributed by atoms with E-state index in [1.54, 1.807) is 18.2 Å².